The van der Waals surface area contributed by atoms with Crippen molar-refractivity contribution in [1.82, 2.24) is 15.5 Å². The molecule has 1 aromatic heterocycles. The predicted molar refractivity (Wildman–Crippen MR) is 78.9 cm³/mol. The Hall–Kier alpha value is -2.12. The zero-order chi connectivity index (χ0) is 15.1. The number of nitrogens with zero attached hydrogens (tertiary/aromatic N) is 2. The fourth-order valence-corrected chi connectivity index (χ4v) is 1.82. The van der Waals surface area contributed by atoms with Gasteiger partial charge in [0.2, 0.25) is 5.89 Å². The summed E-state index contributed by atoms with van der Waals surface area (Å²) in [6.07, 6.45) is 0. The van der Waals surface area contributed by atoms with Crippen LogP contribution in [0, 0.1) is 6.92 Å². The first-order valence-electron chi connectivity index (χ1n) is 6.66. The summed E-state index contributed by atoms with van der Waals surface area (Å²) in [6.45, 7) is 3.87. The summed E-state index contributed by atoms with van der Waals surface area (Å²) in [5.74, 6) is 1.37. The van der Waals surface area contributed by atoms with Gasteiger partial charge >= 0.3 is 6.01 Å². The van der Waals surface area contributed by atoms with Crippen LogP contribution in [0.4, 0.5) is 11.7 Å². The van der Waals surface area contributed by atoms with Crippen LogP contribution in [-0.2, 0) is 11.3 Å². The number of benzene rings is 1. The highest BCUT2D eigenvalue weighted by Gasteiger charge is 2.07. The van der Waals surface area contributed by atoms with E-state index < -0.39 is 0 Å². The summed E-state index contributed by atoms with van der Waals surface area (Å²) in [6, 6.07) is 6.11. The van der Waals surface area contributed by atoms with E-state index in [0.717, 1.165) is 23.5 Å². The molecule has 0 aliphatic carbocycles. The lowest BCUT2D eigenvalue weighted by Crippen LogP contribution is -2.18. The van der Waals surface area contributed by atoms with Gasteiger partial charge in [0, 0.05) is 19.3 Å². The van der Waals surface area contributed by atoms with Gasteiger partial charge in [-0.15, -0.1) is 5.10 Å². The van der Waals surface area contributed by atoms with E-state index in [1.54, 1.807) is 14.2 Å². The molecule has 1 heterocycles. The van der Waals surface area contributed by atoms with E-state index >= 15 is 0 Å². The zero-order valence-corrected chi connectivity index (χ0v) is 12.5. The second-order valence-corrected chi connectivity index (χ2v) is 4.48. The Morgan fingerprint density at radius 3 is 2.81 bits per heavy atom. The van der Waals surface area contributed by atoms with Crippen molar-refractivity contribution in [3.8, 4) is 5.75 Å². The van der Waals surface area contributed by atoms with Gasteiger partial charge < -0.3 is 24.5 Å². The molecule has 0 fully saturated rings. The Morgan fingerprint density at radius 2 is 2.10 bits per heavy atom. The first-order chi connectivity index (χ1) is 10.2. The Bertz CT molecular complexity index is 571. The minimum absolute atomic E-state index is 0.364. The molecule has 2 aromatic rings. The third-order valence-electron chi connectivity index (χ3n) is 2.87. The standard InChI is InChI=1S/C14H20N4O3/c1-10-8-11(4-5-12(10)20-3)16-14-18-17-13(21-14)9-15-6-7-19-2/h4-5,8,15H,6-7,9H2,1-3H3,(H,16,18). The lowest BCUT2D eigenvalue weighted by atomic mass is 10.2. The van der Waals surface area contributed by atoms with Gasteiger partial charge in [0.15, 0.2) is 0 Å². The fraction of sp³-hybridized carbons (Fsp3) is 0.429. The summed E-state index contributed by atoms with van der Waals surface area (Å²) in [7, 11) is 3.31. The van der Waals surface area contributed by atoms with Gasteiger partial charge in [0.1, 0.15) is 5.75 Å². The van der Waals surface area contributed by atoms with Crippen molar-refractivity contribution in [2.75, 3.05) is 32.7 Å². The average Bonchev–Trinajstić information content (AvgIpc) is 2.91. The first kappa shape index (κ1) is 15.3. The molecule has 2 N–H and O–H groups in total. The molecule has 0 bridgehead atoms. The highest BCUT2D eigenvalue weighted by Crippen LogP contribution is 2.23. The molecule has 0 spiro atoms. The molecule has 0 amide bonds. The van der Waals surface area contributed by atoms with E-state index in [4.69, 9.17) is 13.9 Å². The van der Waals surface area contributed by atoms with Gasteiger partial charge in [0.25, 0.3) is 0 Å². The van der Waals surface area contributed by atoms with Crippen LogP contribution < -0.4 is 15.4 Å². The molecular weight excluding hydrogens is 272 g/mol. The van der Waals surface area contributed by atoms with Crippen LogP contribution in [0.15, 0.2) is 22.6 Å². The maximum atomic E-state index is 5.50. The third-order valence-corrected chi connectivity index (χ3v) is 2.87. The number of rotatable bonds is 8. The number of methoxy groups -OCH3 is 2. The maximum Gasteiger partial charge on any atom is 0.320 e. The van der Waals surface area contributed by atoms with Gasteiger partial charge in [-0.25, -0.2) is 0 Å². The van der Waals surface area contributed by atoms with Gasteiger partial charge in [-0.2, -0.15) is 0 Å². The minimum Gasteiger partial charge on any atom is -0.496 e. The predicted octanol–water partition coefficient (Wildman–Crippen LogP) is 1.87. The monoisotopic (exact) mass is 292 g/mol. The van der Waals surface area contributed by atoms with Crippen LogP contribution in [-0.4, -0.2) is 37.6 Å². The molecule has 21 heavy (non-hydrogen) atoms. The number of aryl methyl sites for hydroxylation is 1. The fourth-order valence-electron chi connectivity index (χ4n) is 1.82. The largest absolute Gasteiger partial charge is 0.496 e. The molecule has 2 rings (SSSR count). The Morgan fingerprint density at radius 1 is 1.24 bits per heavy atom. The van der Waals surface area contributed by atoms with Gasteiger partial charge in [-0.1, -0.05) is 5.10 Å². The highest BCUT2D eigenvalue weighted by atomic mass is 16.5. The number of nitrogens with one attached hydrogen (secondary N) is 2. The molecular formula is C14H20N4O3. The number of anilines is 2. The van der Waals surface area contributed by atoms with Crippen LogP contribution in [0.1, 0.15) is 11.5 Å². The van der Waals surface area contributed by atoms with Crippen molar-refractivity contribution in [2.45, 2.75) is 13.5 Å². The lowest BCUT2D eigenvalue weighted by molar-refractivity contribution is 0.198. The number of aromatic nitrogens is 2. The average molecular weight is 292 g/mol. The topological polar surface area (TPSA) is 81.4 Å². The van der Waals surface area contributed by atoms with E-state index in [9.17, 15) is 0 Å². The summed E-state index contributed by atoms with van der Waals surface area (Å²) in [4.78, 5) is 0. The molecule has 7 heteroatoms. The first-order valence-corrected chi connectivity index (χ1v) is 6.66. The van der Waals surface area contributed by atoms with Crippen molar-refractivity contribution < 1.29 is 13.9 Å². The van der Waals surface area contributed by atoms with Crippen LogP contribution in [0.5, 0.6) is 5.75 Å². The van der Waals surface area contributed by atoms with E-state index in [-0.39, 0.29) is 0 Å². The summed E-state index contributed by atoms with van der Waals surface area (Å²) in [5, 5.41) is 14.1. The third kappa shape index (κ3) is 4.44. The van der Waals surface area contributed by atoms with Crippen molar-refractivity contribution >= 4 is 11.7 Å². The summed E-state index contributed by atoms with van der Waals surface area (Å²) < 4.78 is 15.7. The van der Waals surface area contributed by atoms with Gasteiger partial charge in [-0.3, -0.25) is 0 Å². The van der Waals surface area contributed by atoms with Crippen molar-refractivity contribution in [2.24, 2.45) is 0 Å². The van der Waals surface area contributed by atoms with E-state index in [0.29, 0.717) is 25.1 Å². The van der Waals surface area contributed by atoms with E-state index in [1.807, 2.05) is 25.1 Å². The molecule has 114 valence electrons. The maximum absolute atomic E-state index is 5.50. The molecule has 0 atom stereocenters. The van der Waals surface area contributed by atoms with E-state index in [2.05, 4.69) is 20.8 Å². The van der Waals surface area contributed by atoms with Crippen LogP contribution >= 0.6 is 0 Å². The normalized spacial score (nSPS) is 10.6. The van der Waals surface area contributed by atoms with Gasteiger partial charge in [-0.05, 0) is 30.7 Å². The Labute approximate surface area is 123 Å². The lowest BCUT2D eigenvalue weighted by Gasteiger charge is -2.07. The molecule has 0 aliphatic heterocycles. The quantitative estimate of drug-likeness (QED) is 0.719. The molecule has 0 saturated carbocycles. The van der Waals surface area contributed by atoms with Crippen LogP contribution in [0.3, 0.4) is 0 Å². The molecule has 0 unspecified atom stereocenters. The Kier molecular flexibility index (Phi) is 5.53. The molecule has 0 saturated heterocycles. The van der Waals surface area contributed by atoms with Crippen LogP contribution in [0.2, 0.25) is 0 Å². The number of hydrogen-bond acceptors (Lipinski definition) is 7. The van der Waals surface area contributed by atoms with E-state index in [1.165, 1.54) is 0 Å². The van der Waals surface area contributed by atoms with Crippen molar-refractivity contribution in [3.05, 3.63) is 29.7 Å². The van der Waals surface area contributed by atoms with Crippen LogP contribution in [0.25, 0.3) is 0 Å². The summed E-state index contributed by atoms with van der Waals surface area (Å²) in [5.41, 5.74) is 1.90. The SMILES string of the molecule is COCCNCc1nnc(Nc2ccc(OC)c(C)c2)o1. The molecule has 0 radical (unpaired) electrons. The second kappa shape index (κ2) is 7.61. The smallest absolute Gasteiger partial charge is 0.320 e. The molecule has 7 nitrogen and oxygen atoms in total. The summed E-state index contributed by atoms with van der Waals surface area (Å²) >= 11 is 0. The number of hydrogen-bond donors (Lipinski definition) is 2. The zero-order valence-electron chi connectivity index (χ0n) is 12.5. The second-order valence-electron chi connectivity index (χ2n) is 4.48. The minimum atomic E-state index is 0.364. The van der Waals surface area contributed by atoms with Crippen molar-refractivity contribution in [3.63, 3.8) is 0 Å². The van der Waals surface area contributed by atoms with Gasteiger partial charge in [0.05, 0.1) is 20.3 Å². The highest BCUT2D eigenvalue weighted by molar-refractivity contribution is 5.56. The van der Waals surface area contributed by atoms with Crippen molar-refractivity contribution in [1.29, 1.82) is 0 Å². The number of ether oxygens (including phenoxy) is 2. The molecule has 0 aliphatic rings. The molecule has 1 aromatic carbocycles. The Balaban J connectivity index is 1.91.